The van der Waals surface area contributed by atoms with Crippen LogP contribution in [0.4, 0.5) is 0 Å². The molecule has 10 heteroatoms. The van der Waals surface area contributed by atoms with Crippen molar-refractivity contribution in [2.24, 2.45) is 53.1 Å². The van der Waals surface area contributed by atoms with Crippen molar-refractivity contribution in [1.29, 1.82) is 0 Å². The van der Waals surface area contributed by atoms with Crippen molar-refractivity contribution in [2.45, 2.75) is 152 Å². The average Bonchev–Trinajstić information content (AvgIpc) is 3.16. The summed E-state index contributed by atoms with van der Waals surface area (Å²) < 4.78 is 5.63. The summed E-state index contributed by atoms with van der Waals surface area (Å²) >= 11 is 0. The number of carbonyl (C=O) groups excluding carboxylic acids is 2. The van der Waals surface area contributed by atoms with E-state index in [-0.39, 0.29) is 42.4 Å². The van der Waals surface area contributed by atoms with Crippen LogP contribution >= 0.6 is 0 Å². The summed E-state index contributed by atoms with van der Waals surface area (Å²) in [5, 5.41) is 47.9. The lowest BCUT2D eigenvalue weighted by Gasteiger charge is -2.41. The molecule has 0 aromatic rings. The Morgan fingerprint density at radius 1 is 0.920 bits per heavy atom. The SMILES string of the molecule is COC1CC2CCC(=O)C(C(O)CCCC(CCO)C3C[NH2+]C4CC(=O)CCC4C3)C#CC(CCC(O)CCC3CC[NH2+]C(N)C3)C2CC1O. The monoisotopic (exact) mass is 704 g/mol. The predicted molar refractivity (Wildman–Crippen MR) is 190 cm³/mol. The molecule has 10 N–H and O–H groups in total. The number of aliphatic hydroxyl groups excluding tert-OH is 4. The number of nitrogens with two attached hydrogens (primary N) is 3. The quantitative estimate of drug-likeness (QED) is 0.123. The van der Waals surface area contributed by atoms with Crippen molar-refractivity contribution >= 4 is 11.6 Å². The van der Waals surface area contributed by atoms with Gasteiger partial charge in [-0.2, -0.15) is 0 Å². The van der Waals surface area contributed by atoms with Crippen LogP contribution in [0.3, 0.4) is 0 Å². The van der Waals surface area contributed by atoms with Crippen LogP contribution in [0, 0.1) is 59.2 Å². The molecule has 0 bridgehead atoms. The molecule has 2 saturated heterocycles. The number of methoxy groups -OCH3 is 1. The van der Waals surface area contributed by atoms with E-state index in [1.165, 1.54) is 0 Å². The minimum absolute atomic E-state index is 0.000801. The van der Waals surface area contributed by atoms with Crippen LogP contribution in [0.15, 0.2) is 0 Å². The van der Waals surface area contributed by atoms with Gasteiger partial charge < -0.3 is 35.8 Å². The zero-order valence-electron chi connectivity index (χ0n) is 30.7. The second-order valence-electron chi connectivity index (χ2n) is 16.9. The molecule has 2 aliphatic heterocycles. The van der Waals surface area contributed by atoms with Gasteiger partial charge in [-0.25, -0.2) is 0 Å². The maximum absolute atomic E-state index is 13.6. The van der Waals surface area contributed by atoms with Crippen molar-refractivity contribution in [1.82, 2.24) is 0 Å². The van der Waals surface area contributed by atoms with Gasteiger partial charge in [-0.05, 0) is 107 Å². The van der Waals surface area contributed by atoms with Crippen molar-refractivity contribution < 1.29 is 45.4 Å². The number of rotatable bonds is 15. The number of hydrogen-bond acceptors (Lipinski definition) is 8. The minimum Gasteiger partial charge on any atom is -0.396 e. The van der Waals surface area contributed by atoms with Crippen LogP contribution in [-0.4, -0.2) is 95.4 Å². The van der Waals surface area contributed by atoms with E-state index >= 15 is 0 Å². The number of piperidine rings is 2. The summed E-state index contributed by atoms with van der Waals surface area (Å²) in [6, 6.07) is 0.413. The molecule has 14 unspecified atom stereocenters. The number of ether oxygens (including phenoxy) is 1. The smallest absolute Gasteiger partial charge is 0.150 e. The van der Waals surface area contributed by atoms with Gasteiger partial charge in [0.25, 0.3) is 0 Å². The Hall–Kier alpha value is -1.42. The molecule has 5 aliphatic rings. The molecule has 0 aromatic heterocycles. The molecule has 0 spiro atoms. The number of aliphatic hydroxyl groups is 4. The summed E-state index contributed by atoms with van der Waals surface area (Å²) in [5.74, 6) is 8.59. The van der Waals surface area contributed by atoms with Crippen molar-refractivity contribution in [3.05, 3.63) is 0 Å². The minimum atomic E-state index is -0.848. The first kappa shape index (κ1) is 39.8. The van der Waals surface area contributed by atoms with Crippen molar-refractivity contribution in [3.63, 3.8) is 0 Å². The van der Waals surface area contributed by atoms with Crippen LogP contribution < -0.4 is 16.4 Å². The van der Waals surface area contributed by atoms with E-state index in [9.17, 15) is 30.0 Å². The average molecular weight is 704 g/mol. The summed E-state index contributed by atoms with van der Waals surface area (Å²) in [6.45, 7) is 2.18. The molecule has 3 aliphatic carbocycles. The van der Waals surface area contributed by atoms with Crippen molar-refractivity contribution in [3.8, 4) is 11.8 Å². The molecule has 0 amide bonds. The van der Waals surface area contributed by atoms with Gasteiger partial charge in [-0.3, -0.25) is 15.3 Å². The summed E-state index contributed by atoms with van der Waals surface area (Å²) in [5.41, 5.74) is 6.15. The first-order valence-electron chi connectivity index (χ1n) is 20.3. The standard InChI is InChI=1S/C40H67N3O7/c1-50-39-21-28-9-14-37(48)33(36(47)4-2-3-26(16-18-44)30-20-29-7-12-32(46)22-35(29)43-24-30)13-8-27(34(28)23-38(39)49)6-11-31(45)10-5-25-15-17-42-40(41)19-25/h25-31,33-36,38-40,42-45,47,49H,2-7,9-12,14-24,41H2,1H3/p+2. The van der Waals surface area contributed by atoms with Gasteiger partial charge in [-0.15, -0.1) is 0 Å². The molecule has 5 rings (SSSR count). The fourth-order valence-electron chi connectivity index (χ4n) is 10.6. The Morgan fingerprint density at radius 2 is 1.72 bits per heavy atom. The van der Waals surface area contributed by atoms with E-state index < -0.39 is 24.2 Å². The molecule has 0 radical (unpaired) electrons. The topological polar surface area (TPSA) is 184 Å². The Kier molecular flexibility index (Phi) is 15.6. The number of Topliss-reactive ketones (excluding diaryl/α,β-unsaturated/α-hetero) is 2. The van der Waals surface area contributed by atoms with E-state index in [4.69, 9.17) is 10.5 Å². The molecular weight excluding hydrogens is 634 g/mol. The van der Waals surface area contributed by atoms with Gasteiger partial charge in [0.15, 0.2) is 0 Å². The fourth-order valence-corrected chi connectivity index (χ4v) is 10.6. The fraction of sp³-hybridized carbons (Fsp3) is 0.900. The predicted octanol–water partition coefficient (Wildman–Crippen LogP) is 1.02. The Labute approximate surface area is 300 Å². The number of fused-ring (bicyclic) bond motifs is 2. The Bertz CT molecular complexity index is 1140. The molecule has 50 heavy (non-hydrogen) atoms. The van der Waals surface area contributed by atoms with Crippen LogP contribution in [0.25, 0.3) is 0 Å². The van der Waals surface area contributed by atoms with Crippen molar-refractivity contribution in [2.75, 3.05) is 26.8 Å². The highest BCUT2D eigenvalue weighted by molar-refractivity contribution is 5.84. The summed E-state index contributed by atoms with van der Waals surface area (Å²) in [7, 11) is 1.64. The first-order valence-corrected chi connectivity index (χ1v) is 20.3. The molecule has 2 saturated carbocycles. The van der Waals surface area contributed by atoms with Crippen LogP contribution in [-0.2, 0) is 14.3 Å². The highest BCUT2D eigenvalue weighted by atomic mass is 16.5. The zero-order chi connectivity index (χ0) is 35.6. The number of carbonyl (C=O) groups is 2. The van der Waals surface area contributed by atoms with E-state index in [1.807, 2.05) is 0 Å². The van der Waals surface area contributed by atoms with Crippen LogP contribution in [0.1, 0.15) is 116 Å². The lowest BCUT2D eigenvalue weighted by Crippen LogP contribution is -2.95. The molecule has 0 aromatic carbocycles. The van der Waals surface area contributed by atoms with E-state index in [0.717, 1.165) is 70.9 Å². The highest BCUT2D eigenvalue weighted by Crippen LogP contribution is 2.42. The molecule has 2 heterocycles. The van der Waals surface area contributed by atoms with Gasteiger partial charge in [0.05, 0.1) is 50.0 Å². The van der Waals surface area contributed by atoms with Gasteiger partial charge in [0.2, 0.25) is 0 Å². The second kappa shape index (κ2) is 19.6. The largest absolute Gasteiger partial charge is 0.396 e. The molecular formula is C40H69N3O7+2. The number of hydrogen-bond donors (Lipinski definition) is 7. The van der Waals surface area contributed by atoms with E-state index in [1.54, 1.807) is 7.11 Å². The third-order valence-electron chi connectivity index (χ3n) is 13.6. The third-order valence-corrected chi connectivity index (χ3v) is 13.6. The van der Waals surface area contributed by atoms with E-state index in [0.29, 0.717) is 93.3 Å². The highest BCUT2D eigenvalue weighted by Gasteiger charge is 2.42. The summed E-state index contributed by atoms with van der Waals surface area (Å²) in [4.78, 5) is 25.6. The molecule has 10 nitrogen and oxygen atoms in total. The second-order valence-corrected chi connectivity index (χ2v) is 16.9. The maximum atomic E-state index is 13.6. The Balaban J connectivity index is 1.19. The molecule has 4 fully saturated rings. The van der Waals surface area contributed by atoms with Gasteiger partial charge in [0.1, 0.15) is 23.7 Å². The zero-order valence-corrected chi connectivity index (χ0v) is 30.7. The van der Waals surface area contributed by atoms with Gasteiger partial charge >= 0.3 is 0 Å². The third kappa shape index (κ3) is 11.1. The van der Waals surface area contributed by atoms with Gasteiger partial charge in [-0.1, -0.05) is 18.3 Å². The first-order chi connectivity index (χ1) is 24.1. The summed E-state index contributed by atoms with van der Waals surface area (Å²) in [6.07, 6.45) is 11.9. The lowest BCUT2D eigenvalue weighted by molar-refractivity contribution is -0.712. The Morgan fingerprint density at radius 3 is 2.50 bits per heavy atom. The molecule has 284 valence electrons. The maximum Gasteiger partial charge on any atom is 0.150 e. The number of quaternary nitrogens is 2. The van der Waals surface area contributed by atoms with Gasteiger partial charge in [0, 0.05) is 50.7 Å². The van der Waals surface area contributed by atoms with E-state index in [2.05, 4.69) is 22.5 Å². The lowest BCUT2D eigenvalue weighted by atomic mass is 9.68. The van der Waals surface area contributed by atoms with Crippen LogP contribution in [0.2, 0.25) is 0 Å². The molecule has 14 atom stereocenters. The van der Waals surface area contributed by atoms with Crippen LogP contribution in [0.5, 0.6) is 0 Å². The number of ketones is 2. The normalized spacial score (nSPS) is 38.3.